The van der Waals surface area contributed by atoms with Crippen LogP contribution in [0.5, 0.6) is 0 Å². The number of hydrogen-bond donors (Lipinski definition) is 1. The second-order valence-corrected chi connectivity index (χ2v) is 4.40. The lowest BCUT2D eigenvalue weighted by molar-refractivity contribution is -0.118. The second kappa shape index (κ2) is 6.29. The first-order valence-electron chi connectivity index (χ1n) is 6.46. The van der Waals surface area contributed by atoms with Gasteiger partial charge in [0, 0.05) is 18.2 Å². The highest BCUT2D eigenvalue weighted by Gasteiger charge is 2.10. The third-order valence-electron chi connectivity index (χ3n) is 2.83. The summed E-state index contributed by atoms with van der Waals surface area (Å²) < 4.78 is 5.36. The average Bonchev–Trinajstić information content (AvgIpc) is 2.39. The predicted octanol–water partition coefficient (Wildman–Crippen LogP) is 2.99. The van der Waals surface area contributed by atoms with E-state index in [1.165, 1.54) is 0 Å². The van der Waals surface area contributed by atoms with E-state index in [4.69, 9.17) is 4.74 Å². The molecule has 2 aromatic rings. The second-order valence-electron chi connectivity index (χ2n) is 4.40. The lowest BCUT2D eigenvalue weighted by Crippen LogP contribution is -2.20. The molecule has 1 aromatic carbocycles. The van der Waals surface area contributed by atoms with Gasteiger partial charge in [-0.05, 0) is 26.0 Å². The molecule has 0 fully saturated rings. The van der Waals surface area contributed by atoms with Crippen LogP contribution in [0, 0.1) is 0 Å². The van der Waals surface area contributed by atoms with Crippen LogP contribution in [0.3, 0.4) is 0 Å². The molecule has 0 aliphatic rings. The highest BCUT2D eigenvalue weighted by atomic mass is 16.5. The van der Waals surface area contributed by atoms with Crippen molar-refractivity contribution in [2.75, 3.05) is 11.9 Å². The Morgan fingerprint density at radius 2 is 2.16 bits per heavy atom. The summed E-state index contributed by atoms with van der Waals surface area (Å²) in [4.78, 5) is 16.2. The van der Waals surface area contributed by atoms with Gasteiger partial charge in [-0.3, -0.25) is 9.78 Å². The number of amides is 1. The average molecular weight is 258 g/mol. The highest BCUT2D eigenvalue weighted by molar-refractivity contribution is 6.00. The monoisotopic (exact) mass is 258 g/mol. The van der Waals surface area contributed by atoms with Crippen LogP contribution < -0.4 is 5.32 Å². The summed E-state index contributed by atoms with van der Waals surface area (Å²) in [6.45, 7) is 4.43. The molecule has 0 radical (unpaired) electrons. The van der Waals surface area contributed by atoms with E-state index in [1.807, 2.05) is 44.2 Å². The molecule has 1 aromatic heterocycles. The summed E-state index contributed by atoms with van der Waals surface area (Å²) >= 11 is 0. The number of carbonyl (C=O) groups excluding carboxylic acids is 1. The fourth-order valence-electron chi connectivity index (χ4n) is 2.01. The minimum absolute atomic E-state index is 0.0564. The molecule has 1 unspecified atom stereocenters. The fraction of sp³-hybridized carbons (Fsp3) is 0.333. The van der Waals surface area contributed by atoms with E-state index in [1.54, 1.807) is 6.20 Å². The summed E-state index contributed by atoms with van der Waals surface area (Å²) in [6.07, 6.45) is 1.99. The Bertz CT molecular complexity index is 564. The zero-order valence-electron chi connectivity index (χ0n) is 11.2. The number of ether oxygens (including phenoxy) is 1. The van der Waals surface area contributed by atoms with E-state index in [-0.39, 0.29) is 12.0 Å². The number of nitrogens with one attached hydrogen (secondary N) is 1. The Kier molecular flexibility index (Phi) is 4.47. The molecule has 2 rings (SSSR count). The molecule has 0 saturated carbocycles. The number of nitrogens with zero attached hydrogens (tertiary/aromatic N) is 1. The van der Waals surface area contributed by atoms with Gasteiger partial charge in [0.25, 0.3) is 0 Å². The predicted molar refractivity (Wildman–Crippen MR) is 76.1 cm³/mol. The number of rotatable bonds is 5. The summed E-state index contributed by atoms with van der Waals surface area (Å²) in [6, 6.07) is 9.59. The molecule has 0 bridgehead atoms. The number of carbonyl (C=O) groups is 1. The summed E-state index contributed by atoms with van der Waals surface area (Å²) in [5, 5.41) is 3.90. The van der Waals surface area contributed by atoms with E-state index < -0.39 is 0 Å². The summed E-state index contributed by atoms with van der Waals surface area (Å²) in [7, 11) is 0. The first kappa shape index (κ1) is 13.5. The van der Waals surface area contributed by atoms with E-state index in [0.29, 0.717) is 13.0 Å². The number of para-hydroxylation sites is 1. The smallest absolute Gasteiger partial charge is 0.227 e. The molecule has 0 aliphatic heterocycles. The van der Waals surface area contributed by atoms with Crippen molar-refractivity contribution in [3.63, 3.8) is 0 Å². The van der Waals surface area contributed by atoms with Gasteiger partial charge in [0.1, 0.15) is 0 Å². The van der Waals surface area contributed by atoms with Crippen LogP contribution >= 0.6 is 0 Å². The minimum atomic E-state index is -0.0760. The maximum atomic E-state index is 11.9. The molecule has 1 N–H and O–H groups in total. The van der Waals surface area contributed by atoms with Gasteiger partial charge in [-0.25, -0.2) is 0 Å². The van der Waals surface area contributed by atoms with Crippen molar-refractivity contribution in [3.8, 4) is 0 Å². The molecule has 4 nitrogen and oxygen atoms in total. The van der Waals surface area contributed by atoms with E-state index in [0.717, 1.165) is 16.6 Å². The van der Waals surface area contributed by atoms with Crippen molar-refractivity contribution < 1.29 is 9.53 Å². The standard InChI is InChI=1S/C15H18N2O2/c1-3-19-11(2)10-14(18)17-13-8-4-6-12-7-5-9-16-15(12)13/h4-9,11H,3,10H2,1-2H3,(H,17,18). The van der Waals surface area contributed by atoms with Crippen LogP contribution in [-0.4, -0.2) is 23.6 Å². The van der Waals surface area contributed by atoms with Crippen LogP contribution in [0.4, 0.5) is 5.69 Å². The molecular formula is C15H18N2O2. The molecule has 0 spiro atoms. The number of aromatic nitrogens is 1. The van der Waals surface area contributed by atoms with E-state index in [9.17, 15) is 4.79 Å². The van der Waals surface area contributed by atoms with Gasteiger partial charge in [0.2, 0.25) is 5.91 Å². The summed E-state index contributed by atoms with van der Waals surface area (Å²) in [5.74, 6) is -0.0564. The molecule has 0 aliphatic carbocycles. The van der Waals surface area contributed by atoms with Crippen LogP contribution in [0.1, 0.15) is 20.3 Å². The largest absolute Gasteiger partial charge is 0.378 e. The Morgan fingerprint density at radius 3 is 2.95 bits per heavy atom. The first-order chi connectivity index (χ1) is 9.20. The lowest BCUT2D eigenvalue weighted by atomic mass is 10.2. The van der Waals surface area contributed by atoms with Crippen molar-refractivity contribution in [2.45, 2.75) is 26.4 Å². The Balaban J connectivity index is 2.11. The molecule has 0 saturated heterocycles. The first-order valence-corrected chi connectivity index (χ1v) is 6.46. The Hall–Kier alpha value is -1.94. The molecule has 1 atom stereocenters. The normalized spacial score (nSPS) is 12.3. The van der Waals surface area contributed by atoms with Crippen molar-refractivity contribution >= 4 is 22.5 Å². The lowest BCUT2D eigenvalue weighted by Gasteiger charge is -2.12. The highest BCUT2D eigenvalue weighted by Crippen LogP contribution is 2.20. The molecule has 4 heteroatoms. The summed E-state index contributed by atoms with van der Waals surface area (Å²) in [5.41, 5.74) is 1.55. The Morgan fingerprint density at radius 1 is 1.37 bits per heavy atom. The Labute approximate surface area is 112 Å². The van der Waals surface area contributed by atoms with Gasteiger partial charge in [-0.2, -0.15) is 0 Å². The molecule has 19 heavy (non-hydrogen) atoms. The van der Waals surface area contributed by atoms with E-state index >= 15 is 0 Å². The molecular weight excluding hydrogens is 240 g/mol. The quantitative estimate of drug-likeness (QED) is 0.897. The van der Waals surface area contributed by atoms with Crippen LogP contribution in [0.15, 0.2) is 36.5 Å². The van der Waals surface area contributed by atoms with Gasteiger partial charge in [-0.1, -0.05) is 18.2 Å². The van der Waals surface area contributed by atoms with Crippen LogP contribution in [0.25, 0.3) is 10.9 Å². The number of hydrogen-bond acceptors (Lipinski definition) is 3. The third-order valence-corrected chi connectivity index (χ3v) is 2.83. The fourth-order valence-corrected chi connectivity index (χ4v) is 2.01. The van der Waals surface area contributed by atoms with Crippen LogP contribution in [0.2, 0.25) is 0 Å². The zero-order valence-corrected chi connectivity index (χ0v) is 11.2. The molecule has 1 amide bonds. The van der Waals surface area contributed by atoms with E-state index in [2.05, 4.69) is 10.3 Å². The SMILES string of the molecule is CCOC(C)CC(=O)Nc1cccc2cccnc12. The zero-order chi connectivity index (χ0) is 13.7. The number of anilines is 1. The van der Waals surface area contributed by atoms with Gasteiger partial charge in [-0.15, -0.1) is 0 Å². The number of pyridine rings is 1. The van der Waals surface area contributed by atoms with Gasteiger partial charge >= 0.3 is 0 Å². The van der Waals surface area contributed by atoms with Gasteiger partial charge in [0.05, 0.1) is 23.7 Å². The van der Waals surface area contributed by atoms with Gasteiger partial charge in [0.15, 0.2) is 0 Å². The maximum Gasteiger partial charge on any atom is 0.227 e. The van der Waals surface area contributed by atoms with Crippen LogP contribution in [-0.2, 0) is 9.53 Å². The molecule has 100 valence electrons. The van der Waals surface area contributed by atoms with Gasteiger partial charge < -0.3 is 10.1 Å². The molecule has 1 heterocycles. The maximum absolute atomic E-state index is 11.9. The minimum Gasteiger partial charge on any atom is -0.378 e. The van der Waals surface area contributed by atoms with Crippen molar-refractivity contribution in [1.82, 2.24) is 4.98 Å². The number of fused-ring (bicyclic) bond motifs is 1. The van der Waals surface area contributed by atoms with Crippen molar-refractivity contribution in [1.29, 1.82) is 0 Å². The topological polar surface area (TPSA) is 51.2 Å². The van der Waals surface area contributed by atoms with Crippen molar-refractivity contribution in [3.05, 3.63) is 36.5 Å². The van der Waals surface area contributed by atoms with Crippen molar-refractivity contribution in [2.24, 2.45) is 0 Å². The third kappa shape index (κ3) is 3.51. The number of benzene rings is 1.